The number of halogens is 1. The molecule has 1 amide bonds. The lowest BCUT2D eigenvalue weighted by molar-refractivity contribution is -0.122. The number of anilines is 1. The van der Waals surface area contributed by atoms with E-state index in [9.17, 15) is 17.6 Å². The van der Waals surface area contributed by atoms with Crippen molar-refractivity contribution in [2.45, 2.75) is 37.4 Å². The Kier molecular flexibility index (Phi) is 6.71. The Hall–Kier alpha value is -3.30. The summed E-state index contributed by atoms with van der Waals surface area (Å²) in [7, 11) is -4.16. The topological polar surface area (TPSA) is 91.4 Å². The van der Waals surface area contributed by atoms with Gasteiger partial charge in [0.2, 0.25) is 15.9 Å². The third-order valence-electron chi connectivity index (χ3n) is 5.58. The van der Waals surface area contributed by atoms with Crippen LogP contribution in [0.1, 0.15) is 23.6 Å². The molecule has 0 radical (unpaired) electrons. The van der Waals surface area contributed by atoms with E-state index in [1.54, 1.807) is 6.20 Å². The molecule has 0 bridgehead atoms. The predicted octanol–water partition coefficient (Wildman–Crippen LogP) is 2.77. The van der Waals surface area contributed by atoms with Crippen LogP contribution in [0.2, 0.25) is 0 Å². The maximum absolute atomic E-state index is 13.8. The summed E-state index contributed by atoms with van der Waals surface area (Å²) in [6, 6.07) is 16.1. The van der Waals surface area contributed by atoms with E-state index in [1.165, 1.54) is 30.2 Å². The van der Waals surface area contributed by atoms with E-state index in [0.717, 1.165) is 43.0 Å². The number of nitrogens with zero attached hydrogens (tertiary/aromatic N) is 2. The number of nitrogens with one attached hydrogen (secondary N) is 2. The number of hydrogen-bond acceptors (Lipinski definition) is 5. The zero-order chi connectivity index (χ0) is 23.4. The molecule has 1 atom stereocenters. The second kappa shape index (κ2) is 9.68. The van der Waals surface area contributed by atoms with Gasteiger partial charge in [0.05, 0.1) is 6.04 Å². The molecule has 0 saturated carbocycles. The Bertz CT molecular complexity index is 1250. The van der Waals surface area contributed by atoms with Crippen LogP contribution in [0.15, 0.2) is 71.8 Å². The molecule has 1 aliphatic heterocycles. The summed E-state index contributed by atoms with van der Waals surface area (Å²) in [6.07, 6.45) is 2.67. The van der Waals surface area contributed by atoms with Crippen molar-refractivity contribution in [1.29, 1.82) is 0 Å². The summed E-state index contributed by atoms with van der Waals surface area (Å²) >= 11 is 0. The van der Waals surface area contributed by atoms with Gasteiger partial charge in [-0.3, -0.25) is 4.79 Å². The van der Waals surface area contributed by atoms with Gasteiger partial charge in [-0.1, -0.05) is 42.5 Å². The molecule has 9 heteroatoms. The number of carbonyl (C=O) groups is 1. The number of fused-ring (bicyclic) bond motifs is 1. The predicted molar refractivity (Wildman–Crippen MR) is 123 cm³/mol. The number of amides is 1. The van der Waals surface area contributed by atoms with Gasteiger partial charge in [0.25, 0.3) is 0 Å². The van der Waals surface area contributed by atoms with Gasteiger partial charge >= 0.3 is 0 Å². The van der Waals surface area contributed by atoms with Crippen molar-refractivity contribution in [3.63, 3.8) is 0 Å². The number of sulfonamides is 1. The summed E-state index contributed by atoms with van der Waals surface area (Å²) in [5, 5.41) is 2.69. The first-order valence-corrected chi connectivity index (χ1v) is 12.1. The zero-order valence-corrected chi connectivity index (χ0v) is 19.0. The molecule has 0 spiro atoms. The minimum absolute atomic E-state index is 0.195. The Balaban J connectivity index is 1.32. The van der Waals surface area contributed by atoms with Crippen LogP contribution in [0.25, 0.3) is 0 Å². The van der Waals surface area contributed by atoms with Gasteiger partial charge < -0.3 is 10.2 Å². The van der Waals surface area contributed by atoms with Crippen molar-refractivity contribution in [1.82, 2.24) is 15.0 Å². The molecule has 2 heterocycles. The number of benzene rings is 2. The first kappa shape index (κ1) is 22.9. The van der Waals surface area contributed by atoms with Gasteiger partial charge in [0.1, 0.15) is 16.5 Å². The number of carbonyl (C=O) groups excluding carboxylic acids is 1. The maximum atomic E-state index is 13.8. The quantitative estimate of drug-likeness (QED) is 0.557. The average Bonchev–Trinajstić information content (AvgIpc) is 2.82. The molecule has 0 saturated heterocycles. The molecular weight excluding hydrogens is 443 g/mol. The van der Waals surface area contributed by atoms with Crippen LogP contribution in [0, 0.1) is 5.82 Å². The number of aromatic nitrogens is 1. The number of rotatable bonds is 7. The highest BCUT2D eigenvalue weighted by Crippen LogP contribution is 2.23. The summed E-state index contributed by atoms with van der Waals surface area (Å²) < 4.78 is 40.7. The third kappa shape index (κ3) is 5.37. The minimum atomic E-state index is -4.16. The molecule has 0 unspecified atom stereocenters. The van der Waals surface area contributed by atoms with Crippen molar-refractivity contribution in [3.8, 4) is 0 Å². The lowest BCUT2D eigenvalue weighted by atomic mass is 10.00. The highest BCUT2D eigenvalue weighted by Gasteiger charge is 2.24. The summed E-state index contributed by atoms with van der Waals surface area (Å²) in [5.74, 6) is -0.529. The molecule has 4 rings (SSSR count). The van der Waals surface area contributed by atoms with E-state index in [-0.39, 0.29) is 6.54 Å². The van der Waals surface area contributed by atoms with Crippen LogP contribution >= 0.6 is 0 Å². The molecule has 7 nitrogen and oxygen atoms in total. The van der Waals surface area contributed by atoms with Crippen molar-refractivity contribution >= 4 is 21.7 Å². The van der Waals surface area contributed by atoms with Crippen molar-refractivity contribution in [2.24, 2.45) is 0 Å². The largest absolute Gasteiger partial charge is 0.352 e. The molecule has 3 aromatic rings. The van der Waals surface area contributed by atoms with Crippen molar-refractivity contribution in [3.05, 3.63) is 89.4 Å². The van der Waals surface area contributed by atoms with Crippen LogP contribution in [0.5, 0.6) is 0 Å². The molecule has 2 N–H and O–H groups in total. The lowest BCUT2D eigenvalue weighted by Crippen LogP contribution is -2.44. The summed E-state index contributed by atoms with van der Waals surface area (Å²) in [5.41, 5.74) is 3.45. The Morgan fingerprint density at radius 1 is 1.09 bits per heavy atom. The van der Waals surface area contributed by atoms with Crippen LogP contribution < -0.4 is 14.9 Å². The first-order valence-electron chi connectivity index (χ1n) is 10.6. The molecule has 1 aliphatic rings. The third-order valence-corrected chi connectivity index (χ3v) is 7.16. The molecule has 1 aromatic heterocycles. The van der Waals surface area contributed by atoms with Gasteiger partial charge in [-0.15, -0.1) is 0 Å². The molecule has 33 heavy (non-hydrogen) atoms. The molecule has 0 fully saturated rings. The summed E-state index contributed by atoms with van der Waals surface area (Å²) in [4.78, 5) is 18.6. The second-order valence-corrected chi connectivity index (χ2v) is 9.64. The molecular formula is C24H25FN4O3S. The monoisotopic (exact) mass is 468 g/mol. The first-order chi connectivity index (χ1) is 15.8. The van der Waals surface area contributed by atoms with Crippen molar-refractivity contribution in [2.75, 3.05) is 11.4 Å². The van der Waals surface area contributed by atoms with E-state index < -0.39 is 32.7 Å². The molecule has 172 valence electrons. The minimum Gasteiger partial charge on any atom is -0.352 e. The standard InChI is InChI=1S/C24H25FN4O3S/c1-17(28-33(31,32)22-9-5-4-8-21(22)25)24(30)27-15-18-10-11-23(26-14-18)29-13-12-19-6-2-3-7-20(19)16-29/h2-11,14,17,28H,12-13,15-16H2,1H3,(H,27,30)/t17-/m0/s1. The van der Waals surface area contributed by atoms with Crippen LogP contribution in [0.3, 0.4) is 0 Å². The maximum Gasteiger partial charge on any atom is 0.244 e. The van der Waals surface area contributed by atoms with Gasteiger partial charge in [-0.05, 0) is 48.2 Å². The van der Waals surface area contributed by atoms with Gasteiger partial charge in [-0.2, -0.15) is 4.72 Å². The van der Waals surface area contributed by atoms with Crippen LogP contribution in [0.4, 0.5) is 10.2 Å². The van der Waals surface area contributed by atoms with Gasteiger partial charge in [0.15, 0.2) is 0 Å². The SMILES string of the molecule is C[C@H](NS(=O)(=O)c1ccccc1F)C(=O)NCc1ccc(N2CCc3ccccc3C2)nc1. The fraction of sp³-hybridized carbons (Fsp3) is 0.250. The Morgan fingerprint density at radius 2 is 1.82 bits per heavy atom. The Morgan fingerprint density at radius 3 is 2.55 bits per heavy atom. The Labute approximate surface area is 192 Å². The molecule has 0 aliphatic carbocycles. The van der Waals surface area contributed by atoms with Crippen molar-refractivity contribution < 1.29 is 17.6 Å². The number of pyridine rings is 1. The van der Waals surface area contributed by atoms with E-state index in [1.807, 2.05) is 18.2 Å². The van der Waals surface area contributed by atoms with E-state index in [2.05, 4.69) is 38.1 Å². The molecule has 2 aromatic carbocycles. The second-order valence-electron chi connectivity index (χ2n) is 7.96. The van der Waals surface area contributed by atoms with Crippen LogP contribution in [-0.2, 0) is 34.3 Å². The normalized spacial score (nSPS) is 14.4. The zero-order valence-electron chi connectivity index (χ0n) is 18.2. The van der Waals surface area contributed by atoms with E-state index >= 15 is 0 Å². The smallest absolute Gasteiger partial charge is 0.244 e. The fourth-order valence-corrected chi connectivity index (χ4v) is 5.04. The van der Waals surface area contributed by atoms with Gasteiger partial charge in [0, 0.05) is 25.8 Å². The number of hydrogen-bond donors (Lipinski definition) is 2. The van der Waals surface area contributed by atoms with Gasteiger partial charge in [-0.25, -0.2) is 17.8 Å². The average molecular weight is 469 g/mol. The highest BCUT2D eigenvalue weighted by atomic mass is 32.2. The lowest BCUT2D eigenvalue weighted by Gasteiger charge is -2.29. The fourth-order valence-electron chi connectivity index (χ4n) is 3.75. The highest BCUT2D eigenvalue weighted by molar-refractivity contribution is 7.89. The van der Waals surface area contributed by atoms with E-state index in [0.29, 0.717) is 0 Å². The van der Waals surface area contributed by atoms with E-state index in [4.69, 9.17) is 0 Å². The van der Waals surface area contributed by atoms with Crippen LogP contribution in [-0.4, -0.2) is 31.9 Å². The summed E-state index contributed by atoms with van der Waals surface area (Å²) in [6.45, 7) is 3.29.